The first kappa shape index (κ1) is 28.1. The van der Waals surface area contributed by atoms with Crippen LogP contribution in [0.2, 0.25) is 0 Å². The summed E-state index contributed by atoms with van der Waals surface area (Å²) in [5.41, 5.74) is 14.1. The van der Waals surface area contributed by atoms with Gasteiger partial charge in [-0.2, -0.15) is 4.37 Å². The molecule has 5 N–H and O–H groups in total. The average Bonchev–Trinajstić information content (AvgIpc) is 3.58. The Morgan fingerprint density at radius 1 is 1.21 bits per heavy atom. The number of amides is 3. The molecule has 0 radical (unpaired) electrons. The van der Waals surface area contributed by atoms with Crippen LogP contribution >= 0.6 is 11.5 Å². The molecule has 1 saturated heterocycles. The van der Waals surface area contributed by atoms with Crippen LogP contribution in [-0.2, 0) is 9.53 Å². The number of nitrogens with two attached hydrogens (primary N) is 2. The van der Waals surface area contributed by atoms with Gasteiger partial charge in [0.15, 0.2) is 5.69 Å². The SMILES string of the molecule is CCOc1ccc([C@H](C(=O)NC[C@H]2CCCO2)N(C(=O)c2snc(C(N)=O)c2N)c2cccc(C)c2C)cc1. The van der Waals surface area contributed by atoms with Crippen LogP contribution in [0.1, 0.15) is 62.7 Å². The molecule has 1 aromatic heterocycles. The molecule has 4 rings (SSSR count). The van der Waals surface area contributed by atoms with E-state index in [1.165, 1.54) is 4.90 Å². The quantitative estimate of drug-likeness (QED) is 0.349. The zero-order chi connectivity index (χ0) is 28.1. The Balaban J connectivity index is 1.84. The van der Waals surface area contributed by atoms with Crippen molar-refractivity contribution in [2.75, 3.05) is 30.4 Å². The number of anilines is 2. The van der Waals surface area contributed by atoms with E-state index in [2.05, 4.69) is 9.69 Å². The summed E-state index contributed by atoms with van der Waals surface area (Å²) in [7, 11) is 0. The molecule has 206 valence electrons. The Labute approximate surface area is 231 Å². The Hall–Kier alpha value is -3.96. The lowest BCUT2D eigenvalue weighted by atomic mass is 9.99. The molecule has 2 aromatic carbocycles. The zero-order valence-electron chi connectivity index (χ0n) is 22.2. The molecule has 39 heavy (non-hydrogen) atoms. The minimum Gasteiger partial charge on any atom is -0.494 e. The number of carbonyl (C=O) groups is 3. The van der Waals surface area contributed by atoms with Gasteiger partial charge in [-0.25, -0.2) is 0 Å². The van der Waals surface area contributed by atoms with E-state index in [1.807, 2.05) is 32.9 Å². The minimum atomic E-state index is -1.08. The molecule has 0 bridgehead atoms. The second-order valence-corrected chi connectivity index (χ2v) is 10.1. The maximum Gasteiger partial charge on any atom is 0.273 e. The number of ether oxygens (including phenoxy) is 2. The van der Waals surface area contributed by atoms with Gasteiger partial charge in [0.2, 0.25) is 5.91 Å². The third-order valence-corrected chi connectivity index (χ3v) is 7.60. The highest BCUT2D eigenvalue weighted by Gasteiger charge is 2.37. The van der Waals surface area contributed by atoms with Crippen LogP contribution in [0.4, 0.5) is 11.4 Å². The predicted molar refractivity (Wildman–Crippen MR) is 150 cm³/mol. The molecule has 10 nitrogen and oxygen atoms in total. The van der Waals surface area contributed by atoms with Crippen molar-refractivity contribution in [3.05, 3.63) is 69.7 Å². The highest BCUT2D eigenvalue weighted by molar-refractivity contribution is 7.09. The van der Waals surface area contributed by atoms with Crippen LogP contribution in [0, 0.1) is 13.8 Å². The van der Waals surface area contributed by atoms with Crippen molar-refractivity contribution in [2.24, 2.45) is 5.73 Å². The normalized spacial score (nSPS) is 15.5. The lowest BCUT2D eigenvalue weighted by Gasteiger charge is -2.33. The van der Waals surface area contributed by atoms with Crippen LogP contribution < -0.4 is 26.4 Å². The van der Waals surface area contributed by atoms with Gasteiger partial charge in [-0.05, 0) is 80.0 Å². The Morgan fingerprint density at radius 3 is 2.56 bits per heavy atom. The predicted octanol–water partition coefficient (Wildman–Crippen LogP) is 3.52. The first-order valence-corrected chi connectivity index (χ1v) is 13.6. The third kappa shape index (κ3) is 6.04. The van der Waals surface area contributed by atoms with Crippen LogP contribution in [0.3, 0.4) is 0 Å². The molecule has 0 saturated carbocycles. The Bertz CT molecular complexity index is 1350. The van der Waals surface area contributed by atoms with Crippen molar-refractivity contribution in [1.82, 2.24) is 9.69 Å². The summed E-state index contributed by atoms with van der Waals surface area (Å²) in [6.45, 7) is 7.16. The fraction of sp³-hybridized carbons (Fsp3) is 0.357. The van der Waals surface area contributed by atoms with Gasteiger partial charge < -0.3 is 26.3 Å². The number of nitrogens with zero attached hydrogens (tertiary/aromatic N) is 2. The van der Waals surface area contributed by atoms with Gasteiger partial charge in [-0.15, -0.1) is 0 Å². The van der Waals surface area contributed by atoms with Gasteiger partial charge in [0, 0.05) is 18.8 Å². The lowest BCUT2D eigenvalue weighted by Crippen LogP contribution is -2.46. The molecule has 1 aliphatic heterocycles. The van der Waals surface area contributed by atoms with Gasteiger partial charge >= 0.3 is 0 Å². The van der Waals surface area contributed by atoms with Crippen LogP contribution in [0.15, 0.2) is 42.5 Å². The van der Waals surface area contributed by atoms with Crippen molar-refractivity contribution in [3.8, 4) is 5.75 Å². The molecular formula is C28H33N5O5S. The van der Waals surface area contributed by atoms with E-state index in [0.29, 0.717) is 36.8 Å². The summed E-state index contributed by atoms with van der Waals surface area (Å²) in [6, 6.07) is 11.5. The average molecular weight is 552 g/mol. The van der Waals surface area contributed by atoms with E-state index in [1.54, 1.807) is 30.3 Å². The van der Waals surface area contributed by atoms with Gasteiger partial charge in [-0.1, -0.05) is 24.3 Å². The number of aromatic nitrogens is 1. The zero-order valence-corrected chi connectivity index (χ0v) is 23.0. The number of nitrogens with one attached hydrogen (secondary N) is 1. The summed E-state index contributed by atoms with van der Waals surface area (Å²) in [6.07, 6.45) is 1.69. The van der Waals surface area contributed by atoms with Gasteiger partial charge in [-0.3, -0.25) is 19.3 Å². The number of primary amides is 1. The first-order valence-electron chi connectivity index (χ1n) is 12.8. The molecule has 11 heteroatoms. The smallest absolute Gasteiger partial charge is 0.273 e. The molecule has 3 aromatic rings. The standard InChI is InChI=1S/C28H33N5O5S/c1-4-37-19-12-10-18(11-13-19)24(27(35)31-15-20-8-6-14-38-20)33(21-9-5-7-16(2)17(21)3)28(36)25-22(29)23(26(30)34)32-39-25/h5,7,9-13,20,24H,4,6,8,14-15,29H2,1-3H3,(H2,30,34)(H,31,35)/t20-,24-/m1/s1. The molecule has 1 aliphatic rings. The summed E-state index contributed by atoms with van der Waals surface area (Å²) >= 11 is 0.774. The molecule has 1 fully saturated rings. The van der Waals surface area contributed by atoms with Crippen molar-refractivity contribution in [1.29, 1.82) is 0 Å². The van der Waals surface area contributed by atoms with Crippen molar-refractivity contribution in [3.63, 3.8) is 0 Å². The highest BCUT2D eigenvalue weighted by atomic mass is 32.1. The van der Waals surface area contributed by atoms with E-state index < -0.39 is 17.9 Å². The van der Waals surface area contributed by atoms with E-state index in [4.69, 9.17) is 20.9 Å². The van der Waals surface area contributed by atoms with Crippen LogP contribution in [0.25, 0.3) is 0 Å². The van der Waals surface area contributed by atoms with Gasteiger partial charge in [0.25, 0.3) is 11.8 Å². The van der Waals surface area contributed by atoms with E-state index in [0.717, 1.165) is 35.5 Å². The monoisotopic (exact) mass is 551 g/mol. The van der Waals surface area contributed by atoms with Crippen molar-refractivity contribution < 1.29 is 23.9 Å². The van der Waals surface area contributed by atoms with Crippen LogP contribution in [0.5, 0.6) is 5.75 Å². The van der Waals surface area contributed by atoms with Gasteiger partial charge in [0.1, 0.15) is 16.7 Å². The highest BCUT2D eigenvalue weighted by Crippen LogP contribution is 2.36. The second-order valence-electron chi connectivity index (χ2n) is 9.32. The fourth-order valence-electron chi connectivity index (χ4n) is 4.55. The molecular weight excluding hydrogens is 518 g/mol. The van der Waals surface area contributed by atoms with E-state index >= 15 is 0 Å². The maximum absolute atomic E-state index is 14.2. The fourth-order valence-corrected chi connectivity index (χ4v) is 5.29. The minimum absolute atomic E-state index is 0.0209. The first-order chi connectivity index (χ1) is 18.7. The molecule has 0 unspecified atom stereocenters. The number of hydrogen-bond acceptors (Lipinski definition) is 8. The molecule has 3 amide bonds. The Kier molecular flexibility index (Phi) is 8.82. The van der Waals surface area contributed by atoms with Crippen LogP contribution in [-0.4, -0.2) is 48.0 Å². The number of aryl methyl sites for hydroxylation is 1. The number of nitrogen functional groups attached to an aromatic ring is 1. The van der Waals surface area contributed by atoms with Crippen molar-refractivity contribution in [2.45, 2.75) is 45.8 Å². The summed E-state index contributed by atoms with van der Waals surface area (Å²) in [4.78, 5) is 41.5. The third-order valence-electron chi connectivity index (χ3n) is 6.75. The topological polar surface area (TPSA) is 150 Å². The number of carbonyl (C=O) groups excluding carboxylic acids is 3. The van der Waals surface area contributed by atoms with Crippen molar-refractivity contribution >= 4 is 40.6 Å². The van der Waals surface area contributed by atoms with E-state index in [-0.39, 0.29) is 28.3 Å². The molecule has 2 atom stereocenters. The number of benzene rings is 2. The second kappa shape index (κ2) is 12.3. The van der Waals surface area contributed by atoms with E-state index in [9.17, 15) is 14.4 Å². The summed E-state index contributed by atoms with van der Waals surface area (Å²) in [5.74, 6) is -1.15. The Morgan fingerprint density at radius 2 is 1.95 bits per heavy atom. The summed E-state index contributed by atoms with van der Waals surface area (Å²) in [5, 5.41) is 2.98. The summed E-state index contributed by atoms with van der Waals surface area (Å²) < 4.78 is 15.3. The maximum atomic E-state index is 14.2. The molecule has 2 heterocycles. The molecule has 0 aliphatic carbocycles. The lowest BCUT2D eigenvalue weighted by molar-refractivity contribution is -0.123. The number of rotatable bonds is 10. The number of hydrogen-bond donors (Lipinski definition) is 3. The van der Waals surface area contributed by atoms with Gasteiger partial charge in [0.05, 0.1) is 18.4 Å². The largest absolute Gasteiger partial charge is 0.494 e. The molecule has 0 spiro atoms.